The maximum Gasteiger partial charge on any atom is 0.153 e. The van der Waals surface area contributed by atoms with Crippen molar-refractivity contribution in [3.05, 3.63) is 59.2 Å². The number of ether oxygens (including phenoxy) is 1. The van der Waals surface area contributed by atoms with E-state index in [2.05, 4.69) is 4.98 Å². The number of pyridine rings is 1. The van der Waals surface area contributed by atoms with E-state index < -0.39 is 5.82 Å². The average molecular weight is 256 g/mol. The minimum absolute atomic E-state index is 0.148. The fourth-order valence-electron chi connectivity index (χ4n) is 1.53. The summed E-state index contributed by atoms with van der Waals surface area (Å²) in [6.45, 7) is 0.170. The van der Waals surface area contributed by atoms with E-state index >= 15 is 0 Å². The Balaban J connectivity index is 2.14. The number of aldehydes is 1. The summed E-state index contributed by atoms with van der Waals surface area (Å²) in [5.74, 6) is -0.197. The van der Waals surface area contributed by atoms with E-state index in [0.717, 1.165) is 11.6 Å². The molecular weight excluding hydrogens is 247 g/mol. The molecule has 0 aliphatic rings. The minimum atomic E-state index is -0.495. The molecular formula is C14H9FN2O2. The topological polar surface area (TPSA) is 63.0 Å². The molecule has 0 saturated heterocycles. The van der Waals surface area contributed by atoms with Crippen LogP contribution in [-0.2, 0) is 6.61 Å². The molecule has 1 heterocycles. The standard InChI is InChI=1S/C14H9FN2O2/c15-12-1-2-14(11(6-12)8-18)19-9-10-3-4-17-13(5-10)7-16/h1-6,8H,9H2. The van der Waals surface area contributed by atoms with Crippen LogP contribution in [0.1, 0.15) is 21.6 Å². The molecule has 0 fully saturated rings. The molecule has 0 amide bonds. The van der Waals surface area contributed by atoms with Crippen LogP contribution in [0.25, 0.3) is 0 Å². The highest BCUT2D eigenvalue weighted by atomic mass is 19.1. The molecule has 94 valence electrons. The van der Waals surface area contributed by atoms with Crippen LogP contribution in [0.15, 0.2) is 36.5 Å². The summed E-state index contributed by atoms with van der Waals surface area (Å²) < 4.78 is 18.4. The lowest BCUT2D eigenvalue weighted by Gasteiger charge is -2.08. The van der Waals surface area contributed by atoms with Crippen molar-refractivity contribution in [2.24, 2.45) is 0 Å². The number of rotatable bonds is 4. The van der Waals surface area contributed by atoms with Crippen LogP contribution in [0.3, 0.4) is 0 Å². The van der Waals surface area contributed by atoms with Gasteiger partial charge < -0.3 is 4.74 Å². The van der Waals surface area contributed by atoms with Gasteiger partial charge in [-0.25, -0.2) is 9.37 Å². The lowest BCUT2D eigenvalue weighted by Crippen LogP contribution is -1.99. The van der Waals surface area contributed by atoms with Gasteiger partial charge >= 0.3 is 0 Å². The largest absolute Gasteiger partial charge is 0.488 e. The summed E-state index contributed by atoms with van der Waals surface area (Å²) in [6.07, 6.45) is 2.04. The quantitative estimate of drug-likeness (QED) is 0.788. The van der Waals surface area contributed by atoms with Gasteiger partial charge in [0.05, 0.1) is 5.56 Å². The molecule has 2 aromatic rings. The van der Waals surface area contributed by atoms with Crippen LogP contribution >= 0.6 is 0 Å². The fourth-order valence-corrected chi connectivity index (χ4v) is 1.53. The lowest BCUT2D eigenvalue weighted by molar-refractivity contribution is 0.111. The minimum Gasteiger partial charge on any atom is -0.488 e. The van der Waals surface area contributed by atoms with Crippen molar-refractivity contribution in [3.8, 4) is 11.8 Å². The number of carbonyl (C=O) groups excluding carboxylic acids is 1. The van der Waals surface area contributed by atoms with E-state index in [4.69, 9.17) is 10.00 Å². The molecule has 5 heteroatoms. The first kappa shape index (κ1) is 12.7. The average Bonchev–Trinajstić information content (AvgIpc) is 2.46. The van der Waals surface area contributed by atoms with E-state index in [-0.39, 0.29) is 17.9 Å². The predicted octanol–water partition coefficient (Wildman–Crippen LogP) is 2.48. The van der Waals surface area contributed by atoms with Gasteiger partial charge in [0.2, 0.25) is 0 Å². The summed E-state index contributed by atoms with van der Waals surface area (Å²) in [7, 11) is 0. The Morgan fingerprint density at radius 2 is 2.21 bits per heavy atom. The number of benzene rings is 1. The third-order valence-corrected chi connectivity index (χ3v) is 2.43. The van der Waals surface area contributed by atoms with Crippen molar-refractivity contribution in [2.45, 2.75) is 6.61 Å². The Labute approximate surface area is 109 Å². The molecule has 0 spiro atoms. The number of hydrogen-bond donors (Lipinski definition) is 0. The zero-order chi connectivity index (χ0) is 13.7. The summed E-state index contributed by atoms with van der Waals surface area (Å²) in [5, 5.41) is 8.72. The predicted molar refractivity (Wildman–Crippen MR) is 65.1 cm³/mol. The van der Waals surface area contributed by atoms with Gasteiger partial charge in [0.1, 0.15) is 29.9 Å². The normalized spacial score (nSPS) is 9.68. The number of nitrogens with zero attached hydrogens (tertiary/aromatic N) is 2. The first-order valence-electron chi connectivity index (χ1n) is 5.45. The van der Waals surface area contributed by atoms with Crippen molar-refractivity contribution < 1.29 is 13.9 Å². The number of carbonyl (C=O) groups is 1. The molecule has 0 atom stereocenters. The highest BCUT2D eigenvalue weighted by molar-refractivity contribution is 5.79. The molecule has 2 rings (SSSR count). The van der Waals surface area contributed by atoms with Gasteiger partial charge in [-0.05, 0) is 35.9 Å². The van der Waals surface area contributed by atoms with Crippen molar-refractivity contribution in [1.29, 1.82) is 5.26 Å². The molecule has 1 aromatic heterocycles. The van der Waals surface area contributed by atoms with Crippen LogP contribution in [0.5, 0.6) is 5.75 Å². The first-order valence-corrected chi connectivity index (χ1v) is 5.45. The van der Waals surface area contributed by atoms with Crippen LogP contribution in [0, 0.1) is 17.1 Å². The number of hydrogen-bond acceptors (Lipinski definition) is 4. The summed E-state index contributed by atoms with van der Waals surface area (Å²) >= 11 is 0. The Morgan fingerprint density at radius 1 is 1.37 bits per heavy atom. The smallest absolute Gasteiger partial charge is 0.153 e. The van der Waals surface area contributed by atoms with Gasteiger partial charge in [-0.15, -0.1) is 0 Å². The van der Waals surface area contributed by atoms with E-state index in [9.17, 15) is 9.18 Å². The van der Waals surface area contributed by atoms with Gasteiger partial charge in [-0.2, -0.15) is 5.26 Å². The maximum atomic E-state index is 12.9. The van der Waals surface area contributed by atoms with Crippen molar-refractivity contribution in [1.82, 2.24) is 4.98 Å². The molecule has 0 N–H and O–H groups in total. The monoisotopic (exact) mass is 256 g/mol. The third-order valence-electron chi connectivity index (χ3n) is 2.43. The van der Waals surface area contributed by atoms with Crippen molar-refractivity contribution >= 4 is 6.29 Å². The molecule has 0 bridgehead atoms. The van der Waals surface area contributed by atoms with Crippen LogP contribution in [-0.4, -0.2) is 11.3 Å². The summed E-state index contributed by atoms with van der Waals surface area (Å²) in [4.78, 5) is 14.6. The highest BCUT2D eigenvalue weighted by Gasteiger charge is 2.05. The molecule has 1 aromatic carbocycles. The Bertz CT molecular complexity index is 650. The van der Waals surface area contributed by atoms with Crippen molar-refractivity contribution in [3.63, 3.8) is 0 Å². The van der Waals surface area contributed by atoms with Crippen LogP contribution in [0.4, 0.5) is 4.39 Å². The zero-order valence-corrected chi connectivity index (χ0v) is 9.84. The second kappa shape index (κ2) is 5.74. The van der Waals surface area contributed by atoms with Gasteiger partial charge in [0, 0.05) is 6.20 Å². The second-order valence-corrected chi connectivity index (χ2v) is 3.75. The second-order valence-electron chi connectivity index (χ2n) is 3.75. The van der Waals surface area contributed by atoms with E-state index in [1.165, 1.54) is 18.3 Å². The molecule has 4 nitrogen and oxygen atoms in total. The molecule has 0 radical (unpaired) electrons. The Hall–Kier alpha value is -2.74. The van der Waals surface area contributed by atoms with E-state index in [1.807, 2.05) is 6.07 Å². The zero-order valence-electron chi connectivity index (χ0n) is 9.84. The molecule has 0 aliphatic carbocycles. The Kier molecular flexibility index (Phi) is 3.84. The molecule has 0 unspecified atom stereocenters. The highest BCUT2D eigenvalue weighted by Crippen LogP contribution is 2.19. The van der Waals surface area contributed by atoms with Gasteiger partial charge in [-0.3, -0.25) is 4.79 Å². The summed E-state index contributed by atoms with van der Waals surface area (Å²) in [6, 6.07) is 8.93. The SMILES string of the molecule is N#Cc1cc(COc2ccc(F)cc2C=O)ccn1. The number of aromatic nitrogens is 1. The number of nitriles is 1. The molecule has 0 saturated carbocycles. The van der Waals surface area contributed by atoms with Crippen molar-refractivity contribution in [2.75, 3.05) is 0 Å². The van der Waals surface area contributed by atoms with Gasteiger partial charge in [-0.1, -0.05) is 0 Å². The van der Waals surface area contributed by atoms with Crippen LogP contribution in [0.2, 0.25) is 0 Å². The van der Waals surface area contributed by atoms with Gasteiger partial charge in [0.25, 0.3) is 0 Å². The first-order chi connectivity index (χ1) is 9.22. The van der Waals surface area contributed by atoms with E-state index in [0.29, 0.717) is 12.0 Å². The maximum absolute atomic E-state index is 12.9. The Morgan fingerprint density at radius 3 is 2.95 bits per heavy atom. The van der Waals surface area contributed by atoms with Gasteiger partial charge in [0.15, 0.2) is 6.29 Å². The van der Waals surface area contributed by atoms with Crippen LogP contribution < -0.4 is 4.74 Å². The number of halogens is 1. The molecule has 0 aliphatic heterocycles. The van der Waals surface area contributed by atoms with E-state index in [1.54, 1.807) is 12.1 Å². The molecule has 19 heavy (non-hydrogen) atoms. The summed E-state index contributed by atoms with van der Waals surface area (Å²) in [5.41, 5.74) is 1.18. The fraction of sp³-hybridized carbons (Fsp3) is 0.0714. The lowest BCUT2D eigenvalue weighted by atomic mass is 10.2. The third kappa shape index (κ3) is 3.13.